The van der Waals surface area contributed by atoms with Crippen molar-refractivity contribution < 1.29 is 14.4 Å². The van der Waals surface area contributed by atoms with E-state index in [0.717, 1.165) is 16.9 Å². The van der Waals surface area contributed by atoms with Crippen LogP contribution in [-0.2, 0) is 11.4 Å². The molecule has 2 N–H and O–H groups in total. The summed E-state index contributed by atoms with van der Waals surface area (Å²) in [5.41, 5.74) is 5.62. The number of rotatable bonds is 7. The summed E-state index contributed by atoms with van der Waals surface area (Å²) in [7, 11) is 0. The number of nitrogens with one attached hydrogen (secondary N) is 2. The Hall–Kier alpha value is -2.53. The maximum atomic E-state index is 11.6. The Morgan fingerprint density at radius 3 is 2.61 bits per heavy atom. The van der Waals surface area contributed by atoms with E-state index in [4.69, 9.17) is 9.57 Å². The molecule has 122 valence electrons. The highest BCUT2D eigenvalue weighted by atomic mass is 16.7. The van der Waals surface area contributed by atoms with Gasteiger partial charge in [-0.25, -0.2) is 10.3 Å². The van der Waals surface area contributed by atoms with Crippen molar-refractivity contribution >= 4 is 6.03 Å². The fourth-order valence-electron chi connectivity index (χ4n) is 2.08. The van der Waals surface area contributed by atoms with E-state index in [1.165, 1.54) is 5.56 Å². The predicted molar refractivity (Wildman–Crippen MR) is 89.2 cm³/mol. The first-order valence-electron chi connectivity index (χ1n) is 7.55. The second-order valence-electron chi connectivity index (χ2n) is 5.25. The number of urea groups is 1. The quantitative estimate of drug-likeness (QED) is 0.610. The van der Waals surface area contributed by atoms with Crippen molar-refractivity contribution in [3.63, 3.8) is 0 Å². The number of hydrogen-bond donors (Lipinski definition) is 2. The lowest BCUT2D eigenvalue weighted by Gasteiger charge is -2.11. The summed E-state index contributed by atoms with van der Waals surface area (Å²) in [6, 6.07) is 15.2. The van der Waals surface area contributed by atoms with Crippen LogP contribution in [0.1, 0.15) is 16.7 Å². The molecule has 0 aliphatic rings. The number of hydrogen-bond acceptors (Lipinski definition) is 3. The number of carbonyl (C=O) groups is 1. The molecule has 0 radical (unpaired) electrons. The van der Waals surface area contributed by atoms with Gasteiger partial charge in [-0.3, -0.25) is 4.84 Å². The van der Waals surface area contributed by atoms with Crippen molar-refractivity contribution in [3.8, 4) is 5.75 Å². The van der Waals surface area contributed by atoms with E-state index in [9.17, 15) is 4.79 Å². The lowest BCUT2D eigenvalue weighted by molar-refractivity contribution is 0.0488. The van der Waals surface area contributed by atoms with Crippen molar-refractivity contribution in [3.05, 3.63) is 65.2 Å². The molecule has 0 bridgehead atoms. The van der Waals surface area contributed by atoms with Gasteiger partial charge in [0.2, 0.25) is 0 Å². The molecule has 2 aromatic rings. The number of benzene rings is 2. The number of carbonyl (C=O) groups excluding carboxylic acids is 1. The third-order valence-corrected chi connectivity index (χ3v) is 3.22. The average Bonchev–Trinajstić information content (AvgIpc) is 2.54. The van der Waals surface area contributed by atoms with Gasteiger partial charge in [-0.15, -0.1) is 0 Å². The first kappa shape index (κ1) is 16.8. The van der Waals surface area contributed by atoms with E-state index in [1.54, 1.807) is 0 Å². The highest BCUT2D eigenvalue weighted by Crippen LogP contribution is 2.18. The molecule has 2 rings (SSSR count). The normalized spacial score (nSPS) is 10.2. The second kappa shape index (κ2) is 8.80. The zero-order valence-corrected chi connectivity index (χ0v) is 13.5. The molecule has 0 atom stereocenters. The Morgan fingerprint density at radius 2 is 1.87 bits per heavy atom. The van der Waals surface area contributed by atoms with Gasteiger partial charge in [0, 0.05) is 0 Å². The monoisotopic (exact) mass is 314 g/mol. The minimum atomic E-state index is -0.384. The Kier molecular flexibility index (Phi) is 6.44. The average molecular weight is 314 g/mol. The lowest BCUT2D eigenvalue weighted by atomic mass is 10.1. The number of aryl methyl sites for hydroxylation is 2. The smallest absolute Gasteiger partial charge is 0.338 e. The van der Waals surface area contributed by atoms with Crippen LogP contribution < -0.4 is 15.5 Å². The van der Waals surface area contributed by atoms with Crippen LogP contribution in [0.4, 0.5) is 4.79 Å². The van der Waals surface area contributed by atoms with Gasteiger partial charge in [0.1, 0.15) is 12.4 Å². The van der Waals surface area contributed by atoms with Crippen LogP contribution >= 0.6 is 0 Å². The van der Waals surface area contributed by atoms with E-state index in [1.807, 2.05) is 56.3 Å². The van der Waals surface area contributed by atoms with Crippen LogP contribution in [0.2, 0.25) is 0 Å². The number of hydroxylamine groups is 1. The standard InChI is InChI=1S/C18H22N2O3/c1-14-8-9-17(15(2)12-14)22-11-10-19-18(21)20-23-13-16-6-4-3-5-7-16/h3-9,12H,10-11,13H2,1-2H3,(H2,19,20,21). The van der Waals surface area contributed by atoms with Crippen LogP contribution in [0.15, 0.2) is 48.5 Å². The molecule has 5 heteroatoms. The largest absolute Gasteiger partial charge is 0.491 e. The van der Waals surface area contributed by atoms with Crippen LogP contribution in [0.25, 0.3) is 0 Å². The predicted octanol–water partition coefficient (Wildman–Crippen LogP) is 3.11. The Balaban J connectivity index is 1.59. The summed E-state index contributed by atoms with van der Waals surface area (Å²) >= 11 is 0. The van der Waals surface area contributed by atoms with Gasteiger partial charge in [0.15, 0.2) is 0 Å². The van der Waals surface area contributed by atoms with Crippen molar-refractivity contribution in [2.24, 2.45) is 0 Å². The first-order valence-corrected chi connectivity index (χ1v) is 7.55. The van der Waals surface area contributed by atoms with Gasteiger partial charge in [-0.1, -0.05) is 48.0 Å². The Bertz CT molecular complexity index is 629. The third kappa shape index (κ3) is 6.00. The van der Waals surface area contributed by atoms with Crippen molar-refractivity contribution in [2.45, 2.75) is 20.5 Å². The van der Waals surface area contributed by atoms with E-state index >= 15 is 0 Å². The maximum absolute atomic E-state index is 11.6. The van der Waals surface area contributed by atoms with E-state index in [2.05, 4.69) is 16.9 Å². The summed E-state index contributed by atoms with van der Waals surface area (Å²) in [6.45, 7) is 5.16. The zero-order chi connectivity index (χ0) is 16.5. The number of amides is 2. The summed E-state index contributed by atoms with van der Waals surface area (Å²) in [5.74, 6) is 0.832. The molecule has 0 unspecified atom stereocenters. The molecule has 23 heavy (non-hydrogen) atoms. The molecule has 2 amide bonds. The lowest BCUT2D eigenvalue weighted by Crippen LogP contribution is -2.37. The fraction of sp³-hybridized carbons (Fsp3) is 0.278. The zero-order valence-electron chi connectivity index (χ0n) is 13.5. The van der Waals surface area contributed by atoms with Crippen molar-refractivity contribution in [1.82, 2.24) is 10.8 Å². The summed E-state index contributed by atoms with van der Waals surface area (Å²) in [5, 5.41) is 2.67. The summed E-state index contributed by atoms with van der Waals surface area (Å²) in [4.78, 5) is 16.7. The SMILES string of the molecule is Cc1ccc(OCCNC(=O)NOCc2ccccc2)c(C)c1. The molecule has 0 aliphatic heterocycles. The van der Waals surface area contributed by atoms with Gasteiger partial charge in [-0.2, -0.15) is 0 Å². The highest BCUT2D eigenvalue weighted by Gasteiger charge is 2.02. The molecular weight excluding hydrogens is 292 g/mol. The van der Waals surface area contributed by atoms with Crippen LogP contribution in [0.3, 0.4) is 0 Å². The minimum Gasteiger partial charge on any atom is -0.491 e. The summed E-state index contributed by atoms with van der Waals surface area (Å²) < 4.78 is 5.63. The van der Waals surface area contributed by atoms with Gasteiger partial charge >= 0.3 is 6.03 Å². The topological polar surface area (TPSA) is 59.6 Å². The minimum absolute atomic E-state index is 0.327. The molecule has 0 saturated carbocycles. The van der Waals surface area contributed by atoms with Crippen molar-refractivity contribution in [2.75, 3.05) is 13.2 Å². The maximum Gasteiger partial charge on any atom is 0.338 e. The molecule has 0 spiro atoms. The fourth-order valence-corrected chi connectivity index (χ4v) is 2.08. The van der Waals surface area contributed by atoms with Gasteiger partial charge in [0.25, 0.3) is 0 Å². The van der Waals surface area contributed by atoms with E-state index in [0.29, 0.717) is 19.8 Å². The van der Waals surface area contributed by atoms with Crippen LogP contribution in [0.5, 0.6) is 5.75 Å². The van der Waals surface area contributed by atoms with E-state index < -0.39 is 0 Å². The van der Waals surface area contributed by atoms with Crippen LogP contribution in [-0.4, -0.2) is 19.2 Å². The molecular formula is C18H22N2O3. The molecule has 0 fully saturated rings. The molecule has 0 heterocycles. The van der Waals surface area contributed by atoms with E-state index in [-0.39, 0.29) is 6.03 Å². The molecule has 0 aliphatic carbocycles. The Labute approximate surface area is 136 Å². The third-order valence-electron chi connectivity index (χ3n) is 3.22. The molecule has 2 aromatic carbocycles. The highest BCUT2D eigenvalue weighted by molar-refractivity contribution is 5.72. The molecule has 5 nitrogen and oxygen atoms in total. The second-order valence-corrected chi connectivity index (χ2v) is 5.25. The van der Waals surface area contributed by atoms with Crippen molar-refractivity contribution in [1.29, 1.82) is 0 Å². The van der Waals surface area contributed by atoms with Crippen LogP contribution in [0, 0.1) is 13.8 Å². The summed E-state index contributed by atoms with van der Waals surface area (Å²) in [6.07, 6.45) is 0. The first-order chi connectivity index (χ1) is 11.1. The van der Waals surface area contributed by atoms with Gasteiger partial charge in [-0.05, 0) is 31.0 Å². The van der Waals surface area contributed by atoms with Gasteiger partial charge < -0.3 is 10.1 Å². The molecule has 0 aromatic heterocycles. The Morgan fingerprint density at radius 1 is 1.09 bits per heavy atom. The number of ether oxygens (including phenoxy) is 1. The van der Waals surface area contributed by atoms with Gasteiger partial charge in [0.05, 0.1) is 13.2 Å². The molecule has 0 saturated heterocycles.